The van der Waals surface area contributed by atoms with Crippen LogP contribution in [-0.2, 0) is 31.4 Å². The van der Waals surface area contributed by atoms with Gasteiger partial charge in [-0.2, -0.15) is 35.4 Å². The number of unbranched alkanes of at least 4 members (excludes halogenated alkanes) is 2. The van der Waals surface area contributed by atoms with Crippen molar-refractivity contribution in [2.24, 2.45) is 0 Å². The van der Waals surface area contributed by atoms with Gasteiger partial charge in [-0.15, -0.1) is 0 Å². The van der Waals surface area contributed by atoms with Crippen molar-refractivity contribution in [1.82, 2.24) is 0 Å². The van der Waals surface area contributed by atoms with E-state index in [1.807, 2.05) is 0 Å². The van der Waals surface area contributed by atoms with Gasteiger partial charge in [0, 0.05) is 0 Å². The Bertz CT molecular complexity index is 318. The van der Waals surface area contributed by atoms with Gasteiger partial charge < -0.3 is 0 Å². The molecule has 0 aromatic heterocycles. The van der Waals surface area contributed by atoms with E-state index in [0.29, 0.717) is 0 Å². The first-order valence-corrected chi connectivity index (χ1v) is 7.28. The zero-order valence-electron chi connectivity index (χ0n) is 12.3. The maximum absolute atomic E-state index is 2.23. The second-order valence-corrected chi connectivity index (χ2v) is 4.79. The Labute approximate surface area is 130 Å². The van der Waals surface area contributed by atoms with E-state index < -0.39 is 0 Å². The summed E-state index contributed by atoms with van der Waals surface area (Å²) in [7, 11) is 0. The average Bonchev–Trinajstić information content (AvgIpc) is 3.07. The van der Waals surface area contributed by atoms with Crippen LogP contribution in [0.1, 0.15) is 50.7 Å². The van der Waals surface area contributed by atoms with Gasteiger partial charge in [0.25, 0.3) is 0 Å². The molecular formula is C18H26V. The standard InChI is InChI=1S/2C9H13.V/c2*1-2-3-6-9-7-4-5-8-9;/h2*4-5,7-8H,2-3,6H2,1H3;/q2*-1;+2. The first kappa shape index (κ1) is 18.3. The first-order chi connectivity index (χ1) is 8.86. The Morgan fingerprint density at radius 1 is 0.789 bits per heavy atom. The van der Waals surface area contributed by atoms with E-state index in [1.54, 1.807) is 0 Å². The molecule has 0 aliphatic rings. The van der Waals surface area contributed by atoms with Crippen molar-refractivity contribution in [2.75, 3.05) is 0 Å². The molecule has 0 fully saturated rings. The van der Waals surface area contributed by atoms with Crippen molar-refractivity contribution in [2.45, 2.75) is 52.4 Å². The summed E-state index contributed by atoms with van der Waals surface area (Å²) in [4.78, 5) is 0. The van der Waals surface area contributed by atoms with Gasteiger partial charge in [0.1, 0.15) is 0 Å². The van der Waals surface area contributed by atoms with Crippen LogP contribution < -0.4 is 0 Å². The van der Waals surface area contributed by atoms with Crippen molar-refractivity contribution < 1.29 is 18.6 Å². The smallest absolute Gasteiger partial charge is 0.213 e. The molecule has 0 unspecified atom stereocenters. The minimum Gasteiger partial charge on any atom is -0.213 e. The first-order valence-electron chi connectivity index (χ1n) is 7.28. The molecule has 0 nitrogen and oxygen atoms in total. The molecule has 2 aromatic carbocycles. The molecule has 19 heavy (non-hydrogen) atoms. The second kappa shape index (κ2) is 12.3. The quantitative estimate of drug-likeness (QED) is 0.617. The molecule has 2 rings (SSSR count). The van der Waals surface area contributed by atoms with E-state index in [2.05, 4.69) is 62.4 Å². The molecule has 103 valence electrons. The minimum atomic E-state index is 0. The Morgan fingerprint density at radius 2 is 1.21 bits per heavy atom. The number of hydrogen-bond acceptors (Lipinski definition) is 0. The molecule has 0 bridgehead atoms. The van der Waals surface area contributed by atoms with Gasteiger partial charge in [-0.3, -0.25) is 0 Å². The Balaban J connectivity index is 0.000000324. The van der Waals surface area contributed by atoms with Crippen LogP contribution in [0.25, 0.3) is 0 Å². The third-order valence-electron chi connectivity index (χ3n) is 3.10. The molecule has 0 spiro atoms. The summed E-state index contributed by atoms with van der Waals surface area (Å²) < 4.78 is 0. The van der Waals surface area contributed by atoms with Crippen molar-refractivity contribution in [3.05, 3.63) is 59.7 Å². The molecule has 0 aliphatic heterocycles. The molecule has 0 saturated carbocycles. The summed E-state index contributed by atoms with van der Waals surface area (Å²) in [6.07, 6.45) is 7.75. The molecular weight excluding hydrogens is 267 g/mol. The van der Waals surface area contributed by atoms with Crippen molar-refractivity contribution in [3.63, 3.8) is 0 Å². The van der Waals surface area contributed by atoms with E-state index in [1.165, 1.54) is 49.7 Å². The van der Waals surface area contributed by atoms with Crippen molar-refractivity contribution in [3.8, 4) is 0 Å². The summed E-state index contributed by atoms with van der Waals surface area (Å²) in [6, 6.07) is 17.2. The summed E-state index contributed by atoms with van der Waals surface area (Å²) in [6.45, 7) is 4.45. The second-order valence-electron chi connectivity index (χ2n) is 4.79. The van der Waals surface area contributed by atoms with Crippen molar-refractivity contribution >= 4 is 0 Å². The van der Waals surface area contributed by atoms with Gasteiger partial charge in [0.15, 0.2) is 0 Å². The van der Waals surface area contributed by atoms with Crippen LogP contribution in [0.15, 0.2) is 48.5 Å². The minimum absolute atomic E-state index is 0. The fourth-order valence-electron chi connectivity index (χ4n) is 1.92. The zero-order chi connectivity index (χ0) is 13.1. The van der Waals surface area contributed by atoms with E-state index in [9.17, 15) is 0 Å². The largest absolute Gasteiger partial charge is 2.00 e. The van der Waals surface area contributed by atoms with Crippen LogP contribution >= 0.6 is 0 Å². The van der Waals surface area contributed by atoms with Gasteiger partial charge in [0.2, 0.25) is 0 Å². The van der Waals surface area contributed by atoms with Crippen LogP contribution in [0.5, 0.6) is 0 Å². The number of hydrogen-bond donors (Lipinski definition) is 0. The predicted octanol–water partition coefficient (Wildman–Crippen LogP) is 5.49. The fraction of sp³-hybridized carbons (Fsp3) is 0.444. The van der Waals surface area contributed by atoms with Gasteiger partial charge in [0.05, 0.1) is 0 Å². The topological polar surface area (TPSA) is 0 Å². The average molecular weight is 293 g/mol. The SMILES string of the molecule is CCCCc1ccc[cH-]1.CCCCc1ccc[cH-]1.[V+2]. The molecule has 0 aliphatic carbocycles. The van der Waals surface area contributed by atoms with Gasteiger partial charge in [-0.25, -0.2) is 24.3 Å². The van der Waals surface area contributed by atoms with Crippen LogP contribution in [0, 0.1) is 0 Å². The molecule has 2 aromatic rings. The maximum atomic E-state index is 2.23. The van der Waals surface area contributed by atoms with Gasteiger partial charge in [-0.1, -0.05) is 52.4 Å². The van der Waals surface area contributed by atoms with Gasteiger partial charge >= 0.3 is 18.6 Å². The van der Waals surface area contributed by atoms with Crippen LogP contribution in [0.3, 0.4) is 0 Å². The molecule has 0 heterocycles. The van der Waals surface area contributed by atoms with Crippen LogP contribution in [0.4, 0.5) is 0 Å². The Kier molecular flexibility index (Phi) is 11.9. The molecule has 0 saturated heterocycles. The monoisotopic (exact) mass is 293 g/mol. The predicted molar refractivity (Wildman–Crippen MR) is 81.3 cm³/mol. The van der Waals surface area contributed by atoms with E-state index >= 15 is 0 Å². The molecule has 0 atom stereocenters. The van der Waals surface area contributed by atoms with E-state index in [-0.39, 0.29) is 18.6 Å². The summed E-state index contributed by atoms with van der Waals surface area (Å²) >= 11 is 0. The Morgan fingerprint density at radius 3 is 1.47 bits per heavy atom. The summed E-state index contributed by atoms with van der Waals surface area (Å²) in [5.74, 6) is 0. The normalized spacial score (nSPS) is 9.37. The third-order valence-corrected chi connectivity index (χ3v) is 3.10. The van der Waals surface area contributed by atoms with Crippen molar-refractivity contribution in [1.29, 1.82) is 0 Å². The number of aryl methyl sites for hydroxylation is 2. The van der Waals surface area contributed by atoms with Crippen LogP contribution in [0.2, 0.25) is 0 Å². The maximum Gasteiger partial charge on any atom is 2.00 e. The summed E-state index contributed by atoms with van der Waals surface area (Å²) in [5, 5.41) is 0. The van der Waals surface area contributed by atoms with E-state index in [4.69, 9.17) is 0 Å². The number of rotatable bonds is 6. The fourth-order valence-corrected chi connectivity index (χ4v) is 1.92. The molecule has 0 amide bonds. The summed E-state index contributed by atoms with van der Waals surface area (Å²) in [5.41, 5.74) is 2.97. The molecule has 1 heteroatoms. The van der Waals surface area contributed by atoms with Gasteiger partial charge in [-0.05, 0) is 0 Å². The Hall–Kier alpha value is -0.716. The third kappa shape index (κ3) is 8.91. The van der Waals surface area contributed by atoms with E-state index in [0.717, 1.165) is 0 Å². The zero-order valence-corrected chi connectivity index (χ0v) is 13.7. The molecule has 0 N–H and O–H groups in total. The van der Waals surface area contributed by atoms with Crippen LogP contribution in [-0.4, -0.2) is 0 Å². The molecule has 1 radical (unpaired) electrons.